The van der Waals surface area contributed by atoms with E-state index in [1.165, 1.54) is 0 Å². The van der Waals surface area contributed by atoms with Crippen molar-refractivity contribution in [2.75, 3.05) is 0 Å². The molecule has 0 radical (unpaired) electrons. The quantitative estimate of drug-likeness (QED) is 0.476. The van der Waals surface area contributed by atoms with Crippen molar-refractivity contribution in [3.05, 3.63) is 94.5 Å². The minimum Gasteiger partial charge on any atom is -0.267 e. The maximum absolute atomic E-state index is 12.3. The third-order valence-electron chi connectivity index (χ3n) is 3.82. The van der Waals surface area contributed by atoms with Gasteiger partial charge >= 0.3 is 0 Å². The molecule has 1 N–H and O–H groups in total. The van der Waals surface area contributed by atoms with Crippen LogP contribution in [-0.4, -0.2) is 11.6 Å². The molecule has 0 fully saturated rings. The number of hydrazone groups is 1. The smallest absolute Gasteiger partial charge is 0.267 e. The zero-order valence-electron chi connectivity index (χ0n) is 13.7. The molecule has 3 aromatic carbocycles. The summed E-state index contributed by atoms with van der Waals surface area (Å²) < 4.78 is 0.974. The molecule has 0 aliphatic carbocycles. The summed E-state index contributed by atoms with van der Waals surface area (Å²) in [6.07, 6.45) is 0. The lowest BCUT2D eigenvalue weighted by atomic mass is 10.0. The highest BCUT2D eigenvalue weighted by atomic mass is 79.9. The van der Waals surface area contributed by atoms with Crippen molar-refractivity contribution in [3.63, 3.8) is 0 Å². The standard InChI is InChI=1S/C21H17BrN2O/c1-15(19-8-5-9-20(22)14-19)23-24-21(25)18-12-10-17(11-13-18)16-6-3-2-4-7-16/h2-14H,1H3,(H,24,25). The highest BCUT2D eigenvalue weighted by molar-refractivity contribution is 9.10. The van der Waals surface area contributed by atoms with E-state index in [0.717, 1.165) is 26.9 Å². The molecule has 0 bridgehead atoms. The Labute approximate surface area is 155 Å². The highest BCUT2D eigenvalue weighted by Gasteiger charge is 2.06. The van der Waals surface area contributed by atoms with Crippen LogP contribution in [0.2, 0.25) is 0 Å². The molecule has 1 amide bonds. The van der Waals surface area contributed by atoms with Gasteiger partial charge in [-0.15, -0.1) is 0 Å². The number of rotatable bonds is 4. The van der Waals surface area contributed by atoms with Crippen LogP contribution in [0.3, 0.4) is 0 Å². The number of hydrogen-bond donors (Lipinski definition) is 1. The van der Waals surface area contributed by atoms with Crippen LogP contribution in [0.4, 0.5) is 0 Å². The number of benzene rings is 3. The second-order valence-corrected chi connectivity index (χ2v) is 6.51. The van der Waals surface area contributed by atoms with Crippen LogP contribution in [-0.2, 0) is 0 Å². The minimum atomic E-state index is -0.228. The van der Waals surface area contributed by atoms with Gasteiger partial charge < -0.3 is 0 Å². The molecule has 0 heterocycles. The summed E-state index contributed by atoms with van der Waals surface area (Å²) in [5.41, 5.74) is 7.08. The number of carbonyl (C=O) groups is 1. The third kappa shape index (κ3) is 4.43. The normalized spacial score (nSPS) is 11.2. The molecule has 124 valence electrons. The van der Waals surface area contributed by atoms with Crippen LogP contribution in [0.5, 0.6) is 0 Å². The molecule has 0 spiro atoms. The molecule has 0 saturated carbocycles. The molecule has 0 aliphatic heterocycles. The number of amides is 1. The van der Waals surface area contributed by atoms with E-state index in [1.54, 1.807) is 0 Å². The molecule has 0 aromatic heterocycles. The molecule has 4 heteroatoms. The lowest BCUT2D eigenvalue weighted by Gasteiger charge is -2.05. The molecular weight excluding hydrogens is 376 g/mol. The van der Waals surface area contributed by atoms with Crippen molar-refractivity contribution in [3.8, 4) is 11.1 Å². The predicted molar refractivity (Wildman–Crippen MR) is 106 cm³/mol. The van der Waals surface area contributed by atoms with E-state index in [0.29, 0.717) is 5.56 Å². The third-order valence-corrected chi connectivity index (χ3v) is 4.32. The van der Waals surface area contributed by atoms with Gasteiger partial charge in [-0.1, -0.05) is 70.5 Å². The maximum Gasteiger partial charge on any atom is 0.271 e. The Morgan fingerprint density at radius 3 is 2.20 bits per heavy atom. The van der Waals surface area contributed by atoms with Gasteiger partial charge in [0.05, 0.1) is 5.71 Å². The summed E-state index contributed by atoms with van der Waals surface area (Å²) >= 11 is 3.43. The molecule has 25 heavy (non-hydrogen) atoms. The van der Waals surface area contributed by atoms with Gasteiger partial charge in [0.1, 0.15) is 0 Å². The van der Waals surface area contributed by atoms with Crippen LogP contribution in [0, 0.1) is 0 Å². The van der Waals surface area contributed by atoms with Crippen molar-refractivity contribution in [2.24, 2.45) is 5.10 Å². The van der Waals surface area contributed by atoms with E-state index in [4.69, 9.17) is 0 Å². The van der Waals surface area contributed by atoms with Crippen molar-refractivity contribution >= 4 is 27.5 Å². The first-order valence-electron chi connectivity index (χ1n) is 7.89. The molecule has 0 atom stereocenters. The molecule has 3 aromatic rings. The van der Waals surface area contributed by atoms with E-state index in [1.807, 2.05) is 85.8 Å². The molecule has 0 unspecified atom stereocenters. The SMILES string of the molecule is CC(=NNC(=O)c1ccc(-c2ccccc2)cc1)c1cccc(Br)c1. The molecule has 0 aliphatic rings. The fourth-order valence-corrected chi connectivity index (χ4v) is 2.82. The van der Waals surface area contributed by atoms with Crippen molar-refractivity contribution < 1.29 is 4.79 Å². The van der Waals surface area contributed by atoms with Crippen molar-refractivity contribution in [1.29, 1.82) is 0 Å². The Hall–Kier alpha value is -2.72. The fraction of sp³-hybridized carbons (Fsp3) is 0.0476. The van der Waals surface area contributed by atoms with Gasteiger partial charge in [-0.05, 0) is 47.9 Å². The first kappa shape index (κ1) is 17.1. The van der Waals surface area contributed by atoms with Crippen molar-refractivity contribution in [1.82, 2.24) is 5.43 Å². The second kappa shape index (κ2) is 7.90. The lowest BCUT2D eigenvalue weighted by molar-refractivity contribution is 0.0955. The van der Waals surface area contributed by atoms with E-state index < -0.39 is 0 Å². The topological polar surface area (TPSA) is 41.5 Å². The summed E-state index contributed by atoms with van der Waals surface area (Å²) in [4.78, 5) is 12.3. The summed E-state index contributed by atoms with van der Waals surface area (Å²) in [5.74, 6) is -0.228. The fourth-order valence-electron chi connectivity index (χ4n) is 2.42. The molecule has 0 saturated heterocycles. The Kier molecular flexibility index (Phi) is 5.41. The van der Waals surface area contributed by atoms with Gasteiger partial charge in [-0.2, -0.15) is 5.10 Å². The number of carbonyl (C=O) groups excluding carboxylic acids is 1. The minimum absolute atomic E-state index is 0.228. The predicted octanol–water partition coefficient (Wildman–Crippen LogP) is 5.27. The largest absolute Gasteiger partial charge is 0.271 e. The van der Waals surface area contributed by atoms with Gasteiger partial charge in [0.15, 0.2) is 0 Å². The highest BCUT2D eigenvalue weighted by Crippen LogP contribution is 2.19. The Morgan fingerprint density at radius 1 is 0.840 bits per heavy atom. The molecular formula is C21H17BrN2O. The summed E-state index contributed by atoms with van der Waals surface area (Å²) in [6.45, 7) is 1.86. The van der Waals surface area contributed by atoms with Crippen LogP contribution in [0.25, 0.3) is 11.1 Å². The van der Waals surface area contributed by atoms with Gasteiger partial charge in [0, 0.05) is 10.0 Å². The number of nitrogens with zero attached hydrogens (tertiary/aromatic N) is 1. The van der Waals surface area contributed by atoms with Gasteiger partial charge in [0.25, 0.3) is 5.91 Å². The van der Waals surface area contributed by atoms with Crippen molar-refractivity contribution in [2.45, 2.75) is 6.92 Å². The van der Waals surface area contributed by atoms with Gasteiger partial charge in [0.2, 0.25) is 0 Å². The Bertz CT molecular complexity index is 903. The van der Waals surface area contributed by atoms with Crippen LogP contribution >= 0.6 is 15.9 Å². The average molecular weight is 393 g/mol. The Balaban J connectivity index is 1.70. The van der Waals surface area contributed by atoms with E-state index >= 15 is 0 Å². The van der Waals surface area contributed by atoms with Crippen LogP contribution < -0.4 is 5.43 Å². The monoisotopic (exact) mass is 392 g/mol. The maximum atomic E-state index is 12.3. The zero-order chi connectivity index (χ0) is 17.6. The van der Waals surface area contributed by atoms with Crippen LogP contribution in [0.1, 0.15) is 22.8 Å². The van der Waals surface area contributed by atoms with Crippen LogP contribution in [0.15, 0.2) is 88.4 Å². The van der Waals surface area contributed by atoms with Gasteiger partial charge in [-0.25, -0.2) is 5.43 Å². The first-order chi connectivity index (χ1) is 12.1. The number of halogens is 1. The van der Waals surface area contributed by atoms with E-state index in [-0.39, 0.29) is 5.91 Å². The molecule has 3 rings (SSSR count). The van der Waals surface area contributed by atoms with Gasteiger partial charge in [-0.3, -0.25) is 4.79 Å². The summed E-state index contributed by atoms with van der Waals surface area (Å²) in [7, 11) is 0. The Morgan fingerprint density at radius 2 is 1.52 bits per heavy atom. The lowest BCUT2D eigenvalue weighted by Crippen LogP contribution is -2.19. The summed E-state index contributed by atoms with van der Waals surface area (Å²) in [5, 5.41) is 4.19. The second-order valence-electron chi connectivity index (χ2n) is 5.59. The van der Waals surface area contributed by atoms with E-state index in [2.05, 4.69) is 26.5 Å². The van der Waals surface area contributed by atoms with E-state index in [9.17, 15) is 4.79 Å². The number of nitrogens with one attached hydrogen (secondary N) is 1. The zero-order valence-corrected chi connectivity index (χ0v) is 15.3. The molecule has 3 nitrogen and oxygen atoms in total. The average Bonchev–Trinajstić information content (AvgIpc) is 2.66. The first-order valence-corrected chi connectivity index (χ1v) is 8.69. The summed E-state index contributed by atoms with van der Waals surface area (Å²) in [6, 6.07) is 25.3. The number of hydrogen-bond acceptors (Lipinski definition) is 2.